The maximum atomic E-state index is 11.4. The monoisotopic (exact) mass is 250 g/mol. The normalized spacial score (nSPS) is 16.4. The lowest BCUT2D eigenvalue weighted by Gasteiger charge is -2.06. The number of aryl methyl sites for hydroxylation is 1. The van der Waals surface area contributed by atoms with Gasteiger partial charge in [-0.1, -0.05) is 53.8 Å². The second-order valence-electron chi connectivity index (χ2n) is 3.42. The van der Waals surface area contributed by atoms with Gasteiger partial charge in [-0.25, -0.2) is 0 Å². The number of carbonyl (C=O) groups is 1. The molecule has 0 aliphatic carbocycles. The summed E-state index contributed by atoms with van der Waals surface area (Å²) < 4.78 is 0.522. The van der Waals surface area contributed by atoms with Crippen molar-refractivity contribution in [2.45, 2.75) is 6.92 Å². The lowest BCUT2D eigenvalue weighted by atomic mass is 10.2. The predicted molar refractivity (Wildman–Crippen MR) is 70.7 cm³/mol. The maximum Gasteiger partial charge on any atom is 0.259 e. The second kappa shape index (κ2) is 4.76. The molecule has 0 aromatic heterocycles. The van der Waals surface area contributed by atoms with Crippen LogP contribution in [0.25, 0.3) is 0 Å². The van der Waals surface area contributed by atoms with Crippen LogP contribution >= 0.6 is 24.0 Å². The van der Waals surface area contributed by atoms with Crippen LogP contribution in [0, 0.1) is 6.92 Å². The van der Waals surface area contributed by atoms with Crippen molar-refractivity contribution < 1.29 is 4.79 Å². The Morgan fingerprint density at radius 3 is 2.69 bits per heavy atom. The summed E-state index contributed by atoms with van der Waals surface area (Å²) in [4.78, 5) is 11.4. The molecule has 1 saturated heterocycles. The molecule has 0 spiro atoms. The molecule has 5 heteroatoms. The number of nitrogens with zero attached hydrogens (tertiary/aromatic N) is 2. The quantitative estimate of drug-likeness (QED) is 0.596. The molecule has 0 atom stereocenters. The molecular weight excluding hydrogens is 240 g/mol. The fourth-order valence-corrected chi connectivity index (χ4v) is 2.20. The van der Waals surface area contributed by atoms with E-state index in [4.69, 9.17) is 12.2 Å². The third-order valence-electron chi connectivity index (χ3n) is 2.13. The van der Waals surface area contributed by atoms with Crippen LogP contribution < -0.4 is 0 Å². The molecule has 0 unspecified atom stereocenters. The van der Waals surface area contributed by atoms with Crippen LogP contribution in [0.2, 0.25) is 0 Å². The van der Waals surface area contributed by atoms with E-state index in [0.717, 1.165) is 5.56 Å². The largest absolute Gasteiger partial charge is 0.272 e. The van der Waals surface area contributed by atoms with E-state index in [2.05, 4.69) is 5.10 Å². The average molecular weight is 250 g/mol. The second-order valence-corrected chi connectivity index (χ2v) is 5.02. The Labute approximate surface area is 104 Å². The standard InChI is InChI=1S/C11H10N2OS2/c1-8-2-4-9(5-3-8)6-12-13-10(14)7-16-11(13)15/h2-6H,7H2,1H3/b12-6-. The Morgan fingerprint density at radius 2 is 2.12 bits per heavy atom. The molecule has 0 radical (unpaired) electrons. The SMILES string of the molecule is Cc1ccc(/C=N\N2C(=O)CSC2=S)cc1. The molecule has 3 nitrogen and oxygen atoms in total. The topological polar surface area (TPSA) is 32.7 Å². The highest BCUT2D eigenvalue weighted by Gasteiger charge is 2.25. The molecule has 1 aromatic rings. The zero-order valence-electron chi connectivity index (χ0n) is 8.71. The number of benzene rings is 1. The van der Waals surface area contributed by atoms with Gasteiger partial charge in [-0.3, -0.25) is 4.79 Å². The molecule has 1 fully saturated rings. The van der Waals surface area contributed by atoms with Crippen LogP contribution in [-0.2, 0) is 4.79 Å². The lowest BCUT2D eigenvalue weighted by Crippen LogP contribution is -2.22. The number of thiocarbonyl (C=S) groups is 1. The van der Waals surface area contributed by atoms with Gasteiger partial charge < -0.3 is 0 Å². The Morgan fingerprint density at radius 1 is 1.44 bits per heavy atom. The van der Waals surface area contributed by atoms with Gasteiger partial charge in [0.25, 0.3) is 5.91 Å². The van der Waals surface area contributed by atoms with Crippen molar-refractivity contribution in [1.29, 1.82) is 0 Å². The molecule has 82 valence electrons. The summed E-state index contributed by atoms with van der Waals surface area (Å²) in [7, 11) is 0. The molecule has 1 aromatic carbocycles. The molecule has 1 heterocycles. The van der Waals surface area contributed by atoms with E-state index in [-0.39, 0.29) is 5.91 Å². The summed E-state index contributed by atoms with van der Waals surface area (Å²) in [5, 5.41) is 5.36. The highest BCUT2D eigenvalue weighted by Crippen LogP contribution is 2.19. The maximum absolute atomic E-state index is 11.4. The number of hydrazone groups is 1. The number of hydrogen-bond donors (Lipinski definition) is 0. The van der Waals surface area contributed by atoms with Gasteiger partial charge in [0.2, 0.25) is 0 Å². The van der Waals surface area contributed by atoms with E-state index in [1.807, 2.05) is 31.2 Å². The number of amides is 1. The lowest BCUT2D eigenvalue weighted by molar-refractivity contribution is -0.123. The van der Waals surface area contributed by atoms with Gasteiger partial charge in [0, 0.05) is 0 Å². The summed E-state index contributed by atoms with van der Waals surface area (Å²) in [5.41, 5.74) is 2.15. The Hall–Kier alpha value is -1.20. The van der Waals surface area contributed by atoms with Gasteiger partial charge in [-0.05, 0) is 12.5 Å². The first-order valence-corrected chi connectivity index (χ1v) is 6.16. The van der Waals surface area contributed by atoms with Gasteiger partial charge in [0.15, 0.2) is 4.32 Å². The van der Waals surface area contributed by atoms with Crippen molar-refractivity contribution in [3.05, 3.63) is 35.4 Å². The summed E-state index contributed by atoms with van der Waals surface area (Å²) in [6, 6.07) is 7.91. The fraction of sp³-hybridized carbons (Fsp3) is 0.182. The first-order chi connectivity index (χ1) is 7.66. The zero-order valence-corrected chi connectivity index (χ0v) is 10.3. The van der Waals surface area contributed by atoms with Crippen molar-refractivity contribution in [3.63, 3.8) is 0 Å². The third kappa shape index (κ3) is 2.48. The van der Waals surface area contributed by atoms with Crippen molar-refractivity contribution in [2.24, 2.45) is 5.10 Å². The number of rotatable bonds is 2. The molecule has 16 heavy (non-hydrogen) atoms. The van der Waals surface area contributed by atoms with E-state index in [0.29, 0.717) is 10.1 Å². The fourth-order valence-electron chi connectivity index (χ4n) is 1.24. The molecule has 1 aliphatic rings. The van der Waals surface area contributed by atoms with Crippen molar-refractivity contribution >= 4 is 40.4 Å². The molecule has 0 N–H and O–H groups in total. The number of carbonyl (C=O) groups excluding carboxylic acids is 1. The predicted octanol–water partition coefficient (Wildman–Crippen LogP) is 2.19. The van der Waals surface area contributed by atoms with Gasteiger partial charge in [-0.2, -0.15) is 10.1 Å². The molecule has 1 amide bonds. The van der Waals surface area contributed by atoms with E-state index in [9.17, 15) is 4.79 Å². The van der Waals surface area contributed by atoms with E-state index in [1.165, 1.54) is 22.3 Å². The van der Waals surface area contributed by atoms with Crippen LogP contribution in [0.4, 0.5) is 0 Å². The third-order valence-corrected chi connectivity index (χ3v) is 3.47. The van der Waals surface area contributed by atoms with Crippen LogP contribution in [0.15, 0.2) is 29.4 Å². The summed E-state index contributed by atoms with van der Waals surface area (Å²) in [6.07, 6.45) is 1.65. The van der Waals surface area contributed by atoms with Crippen LogP contribution in [0.5, 0.6) is 0 Å². The van der Waals surface area contributed by atoms with Gasteiger partial charge in [0.1, 0.15) is 0 Å². The highest BCUT2D eigenvalue weighted by atomic mass is 32.2. The van der Waals surface area contributed by atoms with E-state index in [1.54, 1.807) is 6.21 Å². The van der Waals surface area contributed by atoms with Crippen LogP contribution in [0.3, 0.4) is 0 Å². The van der Waals surface area contributed by atoms with Gasteiger partial charge >= 0.3 is 0 Å². The minimum Gasteiger partial charge on any atom is -0.272 e. The summed E-state index contributed by atoms with van der Waals surface area (Å²) in [6.45, 7) is 2.02. The minimum atomic E-state index is -0.0571. The molecule has 0 bridgehead atoms. The van der Waals surface area contributed by atoms with Crippen molar-refractivity contribution in [2.75, 3.05) is 5.75 Å². The van der Waals surface area contributed by atoms with Crippen molar-refractivity contribution in [3.8, 4) is 0 Å². The Balaban J connectivity index is 2.12. The Kier molecular flexibility index (Phi) is 3.36. The minimum absolute atomic E-state index is 0.0571. The van der Waals surface area contributed by atoms with E-state index >= 15 is 0 Å². The van der Waals surface area contributed by atoms with Crippen molar-refractivity contribution in [1.82, 2.24) is 5.01 Å². The van der Waals surface area contributed by atoms with E-state index < -0.39 is 0 Å². The molecule has 1 aliphatic heterocycles. The molecular formula is C11H10N2OS2. The Bertz CT molecular complexity index is 438. The van der Waals surface area contributed by atoms with Crippen LogP contribution in [-0.4, -0.2) is 27.2 Å². The highest BCUT2D eigenvalue weighted by molar-refractivity contribution is 8.23. The smallest absolute Gasteiger partial charge is 0.259 e. The zero-order chi connectivity index (χ0) is 11.5. The van der Waals surface area contributed by atoms with Crippen LogP contribution in [0.1, 0.15) is 11.1 Å². The average Bonchev–Trinajstić information content (AvgIpc) is 2.59. The summed E-state index contributed by atoms with van der Waals surface area (Å²) in [5.74, 6) is 0.336. The summed E-state index contributed by atoms with van der Waals surface area (Å²) >= 11 is 6.35. The first kappa shape index (κ1) is 11.3. The number of hydrogen-bond acceptors (Lipinski definition) is 4. The van der Waals surface area contributed by atoms with Gasteiger partial charge in [0.05, 0.1) is 12.0 Å². The van der Waals surface area contributed by atoms with Gasteiger partial charge in [-0.15, -0.1) is 0 Å². The molecule has 2 rings (SSSR count). The number of thioether (sulfide) groups is 1. The first-order valence-electron chi connectivity index (χ1n) is 4.77. The molecule has 0 saturated carbocycles.